The van der Waals surface area contributed by atoms with E-state index in [0.717, 1.165) is 68.8 Å². The van der Waals surface area contributed by atoms with Crippen LogP contribution in [0.3, 0.4) is 0 Å². The largest absolute Gasteiger partial charge is 0.497 e. The molecule has 0 unspecified atom stereocenters. The van der Waals surface area contributed by atoms with Gasteiger partial charge in [-0.1, -0.05) is 18.9 Å². The normalized spacial score (nSPS) is 14.0. The zero-order valence-electron chi connectivity index (χ0n) is 16.4. The summed E-state index contributed by atoms with van der Waals surface area (Å²) in [6.45, 7) is 0.221. The second-order valence-electron chi connectivity index (χ2n) is 7.38. The van der Waals surface area contributed by atoms with Gasteiger partial charge in [0.1, 0.15) is 17.4 Å². The molecule has 0 saturated carbocycles. The van der Waals surface area contributed by atoms with Gasteiger partial charge in [-0.2, -0.15) is 0 Å². The van der Waals surface area contributed by atoms with Crippen molar-refractivity contribution in [2.45, 2.75) is 51.4 Å². The van der Waals surface area contributed by atoms with Crippen LogP contribution in [-0.2, 0) is 6.42 Å². The fraction of sp³-hybridized carbons (Fsp3) is 0.417. The fourth-order valence-corrected chi connectivity index (χ4v) is 4.07. The van der Waals surface area contributed by atoms with Crippen LogP contribution >= 0.6 is 0 Å². The van der Waals surface area contributed by atoms with Crippen LogP contribution in [0.2, 0.25) is 0 Å². The molecule has 0 aromatic heterocycles. The number of halogens is 2. The molecule has 1 aliphatic rings. The van der Waals surface area contributed by atoms with Crippen LogP contribution in [0.25, 0.3) is 11.1 Å². The maximum atomic E-state index is 13.9. The second-order valence-corrected chi connectivity index (χ2v) is 7.38. The first-order chi connectivity index (χ1) is 13.6. The van der Waals surface area contributed by atoms with Crippen molar-refractivity contribution in [3.05, 3.63) is 64.7 Å². The molecular weight excluding hydrogens is 358 g/mol. The maximum Gasteiger partial charge on any atom is 0.126 e. The minimum Gasteiger partial charge on any atom is -0.497 e. The quantitative estimate of drug-likeness (QED) is 0.550. The third kappa shape index (κ3) is 4.99. The lowest BCUT2D eigenvalue weighted by atomic mass is 9.89. The smallest absolute Gasteiger partial charge is 0.126 e. The van der Waals surface area contributed by atoms with Crippen LogP contribution in [0.4, 0.5) is 8.78 Å². The minimum absolute atomic E-state index is 0.221. The van der Waals surface area contributed by atoms with Crippen LogP contribution in [-0.4, -0.2) is 18.8 Å². The average Bonchev–Trinajstić information content (AvgIpc) is 2.86. The first kappa shape index (κ1) is 20.5. The molecule has 0 spiro atoms. The number of rotatable bonds is 8. The molecule has 0 atom stereocenters. The lowest BCUT2D eigenvalue weighted by Crippen LogP contribution is -1.97. The van der Waals surface area contributed by atoms with Gasteiger partial charge in [-0.15, -0.1) is 0 Å². The molecule has 0 heterocycles. The first-order valence-corrected chi connectivity index (χ1v) is 10.1. The Kier molecular flexibility index (Phi) is 7.21. The summed E-state index contributed by atoms with van der Waals surface area (Å²) in [6, 6.07) is 9.93. The number of unbranched alkanes of at least 4 members (excludes halogenated alkanes) is 3. The molecule has 0 radical (unpaired) electrons. The van der Waals surface area contributed by atoms with Crippen molar-refractivity contribution in [1.29, 1.82) is 0 Å². The standard InChI is InChI=1S/C24H28F2O2/c1-28-21-10-11-23-17(15-21)7-6-9-22(18-13-19(25)16-20(26)14-18)24(23)8-4-2-3-5-12-27/h10-11,13-16,27H,2-9,12H2,1H3. The van der Waals surface area contributed by atoms with Gasteiger partial charge in [0.05, 0.1) is 7.11 Å². The van der Waals surface area contributed by atoms with E-state index >= 15 is 0 Å². The van der Waals surface area contributed by atoms with Crippen LogP contribution in [0, 0.1) is 11.6 Å². The van der Waals surface area contributed by atoms with Crippen molar-refractivity contribution in [1.82, 2.24) is 0 Å². The number of fused-ring (bicyclic) bond motifs is 1. The monoisotopic (exact) mass is 386 g/mol. The topological polar surface area (TPSA) is 29.5 Å². The average molecular weight is 386 g/mol. The highest BCUT2D eigenvalue weighted by molar-refractivity contribution is 5.92. The van der Waals surface area contributed by atoms with Crippen molar-refractivity contribution in [2.75, 3.05) is 13.7 Å². The Balaban J connectivity index is 2.02. The third-order valence-electron chi connectivity index (χ3n) is 5.42. The van der Waals surface area contributed by atoms with Gasteiger partial charge in [-0.05, 0) is 90.6 Å². The highest BCUT2D eigenvalue weighted by Gasteiger charge is 2.20. The Labute approximate surface area is 165 Å². The van der Waals surface area contributed by atoms with Crippen LogP contribution in [0.15, 0.2) is 36.4 Å². The summed E-state index contributed by atoms with van der Waals surface area (Å²) < 4.78 is 33.2. The Bertz CT molecular complexity index is 822. The molecule has 3 rings (SSSR count). The number of ether oxygens (including phenoxy) is 1. The molecule has 4 heteroatoms. The molecule has 1 N–H and O–H groups in total. The van der Waals surface area contributed by atoms with Crippen molar-refractivity contribution in [3.8, 4) is 5.75 Å². The van der Waals surface area contributed by atoms with Gasteiger partial charge in [0.15, 0.2) is 0 Å². The van der Waals surface area contributed by atoms with Crippen molar-refractivity contribution in [3.63, 3.8) is 0 Å². The number of benzene rings is 2. The van der Waals surface area contributed by atoms with Gasteiger partial charge in [-0.25, -0.2) is 8.78 Å². The Morgan fingerprint density at radius 2 is 1.68 bits per heavy atom. The molecule has 28 heavy (non-hydrogen) atoms. The number of hydrogen-bond donors (Lipinski definition) is 1. The first-order valence-electron chi connectivity index (χ1n) is 10.1. The van der Waals surface area contributed by atoms with E-state index in [1.807, 2.05) is 6.07 Å². The maximum absolute atomic E-state index is 13.9. The van der Waals surface area contributed by atoms with Gasteiger partial charge in [0.25, 0.3) is 0 Å². The highest BCUT2D eigenvalue weighted by Crippen LogP contribution is 2.40. The van der Waals surface area contributed by atoms with E-state index in [1.54, 1.807) is 7.11 Å². The van der Waals surface area contributed by atoms with E-state index in [9.17, 15) is 8.78 Å². The van der Waals surface area contributed by atoms with Gasteiger partial charge >= 0.3 is 0 Å². The molecule has 0 saturated heterocycles. The van der Waals surface area contributed by atoms with Crippen LogP contribution < -0.4 is 4.74 Å². The fourth-order valence-electron chi connectivity index (χ4n) is 4.07. The number of aliphatic hydroxyl groups is 1. The van der Waals surface area contributed by atoms with Gasteiger partial charge < -0.3 is 9.84 Å². The van der Waals surface area contributed by atoms with Gasteiger partial charge in [0, 0.05) is 12.7 Å². The lowest BCUT2D eigenvalue weighted by molar-refractivity contribution is 0.282. The summed E-state index contributed by atoms with van der Waals surface area (Å²) in [6.07, 6.45) is 7.33. The number of aliphatic hydroxyl groups excluding tert-OH is 1. The van der Waals surface area contributed by atoms with E-state index in [2.05, 4.69) is 12.1 Å². The van der Waals surface area contributed by atoms with Gasteiger partial charge in [0.2, 0.25) is 0 Å². The molecular formula is C24H28F2O2. The lowest BCUT2D eigenvalue weighted by Gasteiger charge is -2.17. The molecule has 0 amide bonds. The summed E-state index contributed by atoms with van der Waals surface area (Å²) in [5.74, 6) is -0.241. The van der Waals surface area contributed by atoms with E-state index in [0.29, 0.717) is 5.56 Å². The summed E-state index contributed by atoms with van der Waals surface area (Å²) >= 11 is 0. The third-order valence-corrected chi connectivity index (χ3v) is 5.42. The van der Waals surface area contributed by atoms with Crippen molar-refractivity contribution >= 4 is 11.1 Å². The Morgan fingerprint density at radius 1 is 0.929 bits per heavy atom. The summed E-state index contributed by atoms with van der Waals surface area (Å²) in [4.78, 5) is 0. The molecule has 0 bridgehead atoms. The van der Waals surface area contributed by atoms with E-state index < -0.39 is 11.6 Å². The molecule has 0 aliphatic heterocycles. The molecule has 1 aliphatic carbocycles. The number of aryl methyl sites for hydroxylation is 1. The molecule has 2 aromatic carbocycles. The molecule has 2 aromatic rings. The van der Waals surface area contributed by atoms with Crippen LogP contribution in [0.1, 0.15) is 61.6 Å². The molecule has 0 fully saturated rings. The van der Waals surface area contributed by atoms with E-state index in [-0.39, 0.29) is 6.61 Å². The van der Waals surface area contributed by atoms with E-state index in [1.165, 1.54) is 28.8 Å². The molecule has 150 valence electrons. The van der Waals surface area contributed by atoms with Crippen LogP contribution in [0.5, 0.6) is 5.75 Å². The molecule has 2 nitrogen and oxygen atoms in total. The zero-order valence-corrected chi connectivity index (χ0v) is 16.4. The Morgan fingerprint density at radius 3 is 2.39 bits per heavy atom. The zero-order chi connectivity index (χ0) is 19.9. The summed E-state index contributed by atoms with van der Waals surface area (Å²) in [7, 11) is 1.66. The number of hydrogen-bond acceptors (Lipinski definition) is 2. The second kappa shape index (κ2) is 9.83. The Hall–Kier alpha value is -2.20. The van der Waals surface area contributed by atoms with Gasteiger partial charge in [-0.3, -0.25) is 0 Å². The minimum atomic E-state index is -0.538. The SMILES string of the molecule is COc1ccc2c(c1)CCCC(c1cc(F)cc(F)c1)=C2CCCCCCO. The van der Waals surface area contributed by atoms with E-state index in [4.69, 9.17) is 9.84 Å². The summed E-state index contributed by atoms with van der Waals surface area (Å²) in [5.41, 5.74) is 5.27. The predicted molar refractivity (Wildman–Crippen MR) is 109 cm³/mol. The number of allylic oxidation sites excluding steroid dienone is 2. The highest BCUT2D eigenvalue weighted by atomic mass is 19.1. The van der Waals surface area contributed by atoms with Crippen molar-refractivity contribution in [2.24, 2.45) is 0 Å². The predicted octanol–water partition coefficient (Wildman–Crippen LogP) is 6.16. The summed E-state index contributed by atoms with van der Waals surface area (Å²) in [5, 5.41) is 8.98. The number of methoxy groups -OCH3 is 1. The van der Waals surface area contributed by atoms with Crippen molar-refractivity contribution < 1.29 is 18.6 Å².